The summed E-state index contributed by atoms with van der Waals surface area (Å²) >= 11 is 5.91. The summed E-state index contributed by atoms with van der Waals surface area (Å²) < 4.78 is 5.49. The zero-order chi connectivity index (χ0) is 16.4. The molecule has 0 fully saturated rings. The van der Waals surface area contributed by atoms with Gasteiger partial charge < -0.3 is 15.5 Å². The smallest absolute Gasteiger partial charge is 0.287 e. The molecule has 0 aliphatic carbocycles. The van der Waals surface area contributed by atoms with Crippen LogP contribution in [0.15, 0.2) is 52.9 Å². The number of hydrogen-bond donors (Lipinski definition) is 2. The number of halogens is 1. The van der Waals surface area contributed by atoms with Gasteiger partial charge in [-0.2, -0.15) is 0 Å². The summed E-state index contributed by atoms with van der Waals surface area (Å²) in [5.74, 6) is -0.650. The highest BCUT2D eigenvalue weighted by atomic mass is 35.5. The van der Waals surface area contributed by atoms with Crippen LogP contribution in [-0.2, 0) is 6.54 Å². The van der Waals surface area contributed by atoms with E-state index in [1.807, 2.05) is 0 Å². The molecule has 2 aromatic carbocycles. The zero-order valence-electron chi connectivity index (χ0n) is 12.0. The maximum atomic E-state index is 12.2. The van der Waals surface area contributed by atoms with Crippen molar-refractivity contribution < 1.29 is 14.0 Å². The summed E-state index contributed by atoms with van der Waals surface area (Å²) in [5.41, 5.74) is 7.00. The second kappa shape index (κ2) is 6.14. The van der Waals surface area contributed by atoms with Crippen molar-refractivity contribution in [3.8, 4) is 0 Å². The highest BCUT2D eigenvalue weighted by molar-refractivity contribution is 6.31. The van der Waals surface area contributed by atoms with Crippen LogP contribution >= 0.6 is 11.6 Å². The summed E-state index contributed by atoms with van der Waals surface area (Å²) in [7, 11) is 0. The fourth-order valence-corrected chi connectivity index (χ4v) is 2.41. The molecule has 3 rings (SSSR count). The molecule has 0 radical (unpaired) electrons. The van der Waals surface area contributed by atoms with Crippen molar-refractivity contribution in [3.63, 3.8) is 0 Å². The molecule has 0 aliphatic heterocycles. The van der Waals surface area contributed by atoms with Crippen LogP contribution in [0.3, 0.4) is 0 Å². The monoisotopic (exact) mass is 328 g/mol. The molecule has 0 aliphatic rings. The largest absolute Gasteiger partial charge is 0.451 e. The lowest BCUT2D eigenvalue weighted by molar-refractivity contribution is 0.0925. The first-order valence-electron chi connectivity index (χ1n) is 6.89. The molecule has 2 amide bonds. The van der Waals surface area contributed by atoms with Crippen LogP contribution < -0.4 is 11.1 Å². The summed E-state index contributed by atoms with van der Waals surface area (Å²) in [6.07, 6.45) is 0. The lowest BCUT2D eigenvalue weighted by atomic mass is 10.1. The van der Waals surface area contributed by atoms with Gasteiger partial charge in [0.1, 0.15) is 5.58 Å². The van der Waals surface area contributed by atoms with Gasteiger partial charge in [-0.05, 0) is 42.0 Å². The second-order valence-electron chi connectivity index (χ2n) is 5.04. The van der Waals surface area contributed by atoms with Crippen molar-refractivity contribution in [1.82, 2.24) is 5.32 Å². The molecule has 116 valence electrons. The Hall–Kier alpha value is -2.79. The normalized spacial score (nSPS) is 10.7. The fraction of sp³-hybridized carbons (Fsp3) is 0.0588. The number of hydrogen-bond acceptors (Lipinski definition) is 3. The minimum Gasteiger partial charge on any atom is -0.451 e. The van der Waals surface area contributed by atoms with Gasteiger partial charge in [0.15, 0.2) is 5.76 Å². The molecule has 3 aromatic rings. The van der Waals surface area contributed by atoms with Gasteiger partial charge in [0, 0.05) is 22.5 Å². The van der Waals surface area contributed by atoms with Gasteiger partial charge in [0.25, 0.3) is 5.91 Å². The van der Waals surface area contributed by atoms with Gasteiger partial charge in [-0.3, -0.25) is 9.59 Å². The lowest BCUT2D eigenvalue weighted by Gasteiger charge is -2.04. The van der Waals surface area contributed by atoms with Crippen molar-refractivity contribution in [2.45, 2.75) is 6.54 Å². The van der Waals surface area contributed by atoms with Crippen LogP contribution in [0, 0.1) is 0 Å². The number of furan rings is 1. The van der Waals surface area contributed by atoms with E-state index in [9.17, 15) is 9.59 Å². The number of nitrogens with two attached hydrogens (primary N) is 1. The minimum absolute atomic E-state index is 0.202. The molecule has 0 saturated heterocycles. The second-order valence-corrected chi connectivity index (χ2v) is 5.48. The Morgan fingerprint density at radius 2 is 1.96 bits per heavy atom. The Morgan fingerprint density at radius 1 is 1.13 bits per heavy atom. The third-order valence-corrected chi connectivity index (χ3v) is 3.60. The molecule has 5 nitrogen and oxygen atoms in total. The van der Waals surface area contributed by atoms with Gasteiger partial charge in [-0.15, -0.1) is 0 Å². The lowest BCUT2D eigenvalue weighted by Crippen LogP contribution is -2.22. The topological polar surface area (TPSA) is 85.3 Å². The molecule has 23 heavy (non-hydrogen) atoms. The molecule has 0 unspecified atom stereocenters. The number of fused-ring (bicyclic) bond motifs is 1. The van der Waals surface area contributed by atoms with Gasteiger partial charge in [0.05, 0.1) is 0 Å². The summed E-state index contributed by atoms with van der Waals surface area (Å²) in [4.78, 5) is 23.3. The van der Waals surface area contributed by atoms with Crippen LogP contribution in [0.4, 0.5) is 0 Å². The number of rotatable bonds is 4. The van der Waals surface area contributed by atoms with E-state index in [-0.39, 0.29) is 18.2 Å². The SMILES string of the molecule is NC(=O)c1cccc(CNC(=O)c2cc3cc(Cl)ccc3o2)c1. The van der Waals surface area contributed by atoms with Crippen LogP contribution in [0.25, 0.3) is 11.0 Å². The Morgan fingerprint density at radius 3 is 2.74 bits per heavy atom. The molecular weight excluding hydrogens is 316 g/mol. The van der Waals surface area contributed by atoms with Crippen molar-refractivity contribution in [1.29, 1.82) is 0 Å². The quantitative estimate of drug-likeness (QED) is 0.771. The minimum atomic E-state index is -0.507. The standard InChI is InChI=1S/C17H13ClN2O3/c18-13-4-5-14-12(7-13)8-15(23-14)17(22)20-9-10-2-1-3-11(6-10)16(19)21/h1-8H,9H2,(H2,19,21)(H,20,22). The number of nitrogens with one attached hydrogen (secondary N) is 1. The van der Waals surface area contributed by atoms with Crippen molar-refractivity contribution in [2.24, 2.45) is 5.73 Å². The van der Waals surface area contributed by atoms with E-state index < -0.39 is 5.91 Å². The first kappa shape index (κ1) is 15.1. The number of carbonyl (C=O) groups excluding carboxylic acids is 2. The molecule has 0 saturated carbocycles. The summed E-state index contributed by atoms with van der Waals surface area (Å²) in [5, 5.41) is 4.08. The molecular formula is C17H13ClN2O3. The third-order valence-electron chi connectivity index (χ3n) is 3.37. The summed E-state index contributed by atoms with van der Waals surface area (Å²) in [6, 6.07) is 13.5. The van der Waals surface area contributed by atoms with Crippen LogP contribution in [0.5, 0.6) is 0 Å². The van der Waals surface area contributed by atoms with Crippen molar-refractivity contribution in [2.75, 3.05) is 0 Å². The number of amides is 2. The van der Waals surface area contributed by atoms with Gasteiger partial charge in [-0.1, -0.05) is 23.7 Å². The number of benzene rings is 2. The number of carbonyl (C=O) groups is 2. The first-order valence-corrected chi connectivity index (χ1v) is 7.27. The zero-order valence-corrected chi connectivity index (χ0v) is 12.8. The highest BCUT2D eigenvalue weighted by Gasteiger charge is 2.12. The van der Waals surface area contributed by atoms with Gasteiger partial charge in [-0.25, -0.2) is 0 Å². The van der Waals surface area contributed by atoms with Gasteiger partial charge >= 0.3 is 0 Å². The van der Waals surface area contributed by atoms with E-state index in [0.717, 1.165) is 10.9 Å². The third kappa shape index (κ3) is 3.35. The molecule has 1 heterocycles. The average molecular weight is 329 g/mol. The Balaban J connectivity index is 1.73. The van der Waals surface area contributed by atoms with E-state index in [2.05, 4.69) is 5.32 Å². The molecule has 6 heteroatoms. The van der Waals surface area contributed by atoms with Crippen LogP contribution in [0.2, 0.25) is 5.02 Å². The van der Waals surface area contributed by atoms with E-state index in [4.69, 9.17) is 21.8 Å². The van der Waals surface area contributed by atoms with Gasteiger partial charge in [0.2, 0.25) is 5.91 Å². The predicted octanol–water partition coefficient (Wildman–Crippen LogP) is 3.12. The molecule has 1 aromatic heterocycles. The number of primary amides is 1. The Labute approximate surface area is 137 Å². The van der Waals surface area contributed by atoms with Crippen molar-refractivity contribution in [3.05, 3.63) is 70.4 Å². The first-order chi connectivity index (χ1) is 11.0. The fourth-order valence-electron chi connectivity index (χ4n) is 2.23. The van der Waals surface area contributed by atoms with Crippen molar-refractivity contribution >= 4 is 34.4 Å². The average Bonchev–Trinajstić information content (AvgIpc) is 2.96. The Kier molecular flexibility index (Phi) is 4.04. The molecule has 3 N–H and O–H groups in total. The predicted molar refractivity (Wildman–Crippen MR) is 87.4 cm³/mol. The molecule has 0 bridgehead atoms. The van der Waals surface area contributed by atoms with E-state index in [1.165, 1.54) is 0 Å². The Bertz CT molecular complexity index is 902. The highest BCUT2D eigenvalue weighted by Crippen LogP contribution is 2.23. The maximum Gasteiger partial charge on any atom is 0.287 e. The summed E-state index contributed by atoms with van der Waals surface area (Å²) in [6.45, 7) is 0.262. The maximum absolute atomic E-state index is 12.2. The van der Waals surface area contributed by atoms with E-state index in [0.29, 0.717) is 16.2 Å². The van der Waals surface area contributed by atoms with Crippen LogP contribution in [-0.4, -0.2) is 11.8 Å². The molecule has 0 atom stereocenters. The van der Waals surface area contributed by atoms with Crippen LogP contribution in [0.1, 0.15) is 26.5 Å². The van der Waals surface area contributed by atoms with E-state index >= 15 is 0 Å². The molecule has 0 spiro atoms. The van der Waals surface area contributed by atoms with E-state index in [1.54, 1.807) is 48.5 Å².